The summed E-state index contributed by atoms with van der Waals surface area (Å²) in [6.07, 6.45) is 0. The molecule has 0 atom stereocenters. The van der Waals surface area contributed by atoms with Gasteiger partial charge >= 0.3 is 0 Å². The molecule has 0 saturated carbocycles. The molecule has 0 saturated heterocycles. The third kappa shape index (κ3) is 5.73. The van der Waals surface area contributed by atoms with Crippen LogP contribution in [0.25, 0.3) is 0 Å². The molecule has 2 aromatic rings. The van der Waals surface area contributed by atoms with Gasteiger partial charge in [0.1, 0.15) is 0 Å². The van der Waals surface area contributed by atoms with E-state index in [1.165, 1.54) is 17.7 Å². The fourth-order valence-corrected chi connectivity index (χ4v) is 1.63. The van der Waals surface area contributed by atoms with E-state index in [0.29, 0.717) is 11.8 Å². The van der Waals surface area contributed by atoms with Gasteiger partial charge < -0.3 is 0 Å². The van der Waals surface area contributed by atoms with Gasteiger partial charge in [0.2, 0.25) is 0 Å². The molecule has 0 heterocycles. The van der Waals surface area contributed by atoms with Crippen LogP contribution in [0.4, 0.5) is 5.69 Å². The molecule has 0 amide bonds. The Morgan fingerprint density at radius 2 is 1.32 bits per heavy atom. The zero-order valence-corrected chi connectivity index (χ0v) is 11.6. The van der Waals surface area contributed by atoms with E-state index in [2.05, 4.69) is 0 Å². The number of nitro groups is 1. The summed E-state index contributed by atoms with van der Waals surface area (Å²) in [4.78, 5) is 9.74. The number of benzene rings is 2. The van der Waals surface area contributed by atoms with Crippen LogP contribution in [0.3, 0.4) is 0 Å². The van der Waals surface area contributed by atoms with Gasteiger partial charge in [-0.05, 0) is 11.1 Å². The van der Waals surface area contributed by atoms with E-state index in [1.807, 2.05) is 30.3 Å². The molecule has 19 heavy (non-hydrogen) atoms. The first-order chi connectivity index (χ1) is 9.17. The lowest BCUT2D eigenvalue weighted by atomic mass is 10.2. The van der Waals surface area contributed by atoms with Crippen molar-refractivity contribution < 1.29 is 4.92 Å². The molecule has 0 bridgehead atoms. The van der Waals surface area contributed by atoms with Gasteiger partial charge in [-0.15, -0.1) is 23.2 Å². The van der Waals surface area contributed by atoms with E-state index in [0.717, 1.165) is 5.56 Å². The third-order valence-corrected chi connectivity index (χ3v) is 2.92. The van der Waals surface area contributed by atoms with Gasteiger partial charge in [0, 0.05) is 23.9 Å². The molecule has 100 valence electrons. The first-order valence-electron chi connectivity index (χ1n) is 5.56. The van der Waals surface area contributed by atoms with Crippen LogP contribution < -0.4 is 0 Å². The second-order valence-corrected chi connectivity index (χ2v) is 4.21. The molecule has 0 fully saturated rings. The van der Waals surface area contributed by atoms with Crippen molar-refractivity contribution in [2.24, 2.45) is 0 Å². The molecular weight excluding hydrogens is 285 g/mol. The molecule has 2 aromatic carbocycles. The zero-order valence-electron chi connectivity index (χ0n) is 10.1. The molecule has 0 aliphatic rings. The Hall–Kier alpha value is -1.58. The van der Waals surface area contributed by atoms with Crippen molar-refractivity contribution in [1.82, 2.24) is 0 Å². The normalized spacial score (nSPS) is 9.37. The average Bonchev–Trinajstić information content (AvgIpc) is 2.48. The minimum Gasteiger partial charge on any atom is -0.258 e. The van der Waals surface area contributed by atoms with Crippen molar-refractivity contribution in [1.29, 1.82) is 0 Å². The quantitative estimate of drug-likeness (QED) is 0.466. The monoisotopic (exact) mass is 297 g/mol. The molecular formula is C14H13Cl2NO2. The minimum atomic E-state index is -0.433. The van der Waals surface area contributed by atoms with E-state index in [-0.39, 0.29) is 5.69 Å². The van der Waals surface area contributed by atoms with E-state index in [4.69, 9.17) is 23.2 Å². The Morgan fingerprint density at radius 3 is 1.68 bits per heavy atom. The fourth-order valence-electron chi connectivity index (χ4n) is 1.27. The maximum Gasteiger partial charge on any atom is 0.269 e. The standard InChI is InChI=1S/C7H6ClNO2.C7H7Cl/c8-5-6-1-3-7(4-2-6)9(10)11;8-6-7-4-2-1-3-5-7/h1-4H,5H2;1-5H,6H2. The molecule has 0 radical (unpaired) electrons. The maximum absolute atomic E-state index is 10.2. The molecule has 0 aromatic heterocycles. The van der Waals surface area contributed by atoms with E-state index >= 15 is 0 Å². The number of hydrogen-bond acceptors (Lipinski definition) is 2. The number of alkyl halides is 2. The van der Waals surface area contributed by atoms with Crippen LogP contribution in [0.15, 0.2) is 54.6 Å². The molecule has 3 nitrogen and oxygen atoms in total. The largest absolute Gasteiger partial charge is 0.269 e. The number of nitrogens with zero attached hydrogens (tertiary/aromatic N) is 1. The molecule has 0 spiro atoms. The zero-order chi connectivity index (χ0) is 14.1. The van der Waals surface area contributed by atoms with Crippen LogP contribution in [0.2, 0.25) is 0 Å². The number of hydrogen-bond donors (Lipinski definition) is 0. The fraction of sp³-hybridized carbons (Fsp3) is 0.143. The van der Waals surface area contributed by atoms with Gasteiger partial charge in [0.05, 0.1) is 4.92 Å². The van der Waals surface area contributed by atoms with Crippen LogP contribution >= 0.6 is 23.2 Å². The lowest BCUT2D eigenvalue weighted by Gasteiger charge is -1.92. The SMILES string of the molecule is ClCc1ccccc1.O=[N+]([O-])c1ccc(CCl)cc1. The Bertz CT molecular complexity index is 501. The first-order valence-corrected chi connectivity index (χ1v) is 6.63. The van der Waals surface area contributed by atoms with Crippen molar-refractivity contribution in [2.75, 3.05) is 0 Å². The second kappa shape index (κ2) is 8.51. The van der Waals surface area contributed by atoms with Crippen molar-refractivity contribution in [3.63, 3.8) is 0 Å². The topological polar surface area (TPSA) is 43.1 Å². The Morgan fingerprint density at radius 1 is 0.842 bits per heavy atom. The predicted octanol–water partition coefficient (Wildman–Crippen LogP) is 4.76. The second-order valence-electron chi connectivity index (χ2n) is 3.68. The van der Waals surface area contributed by atoms with Gasteiger partial charge in [-0.2, -0.15) is 0 Å². The average molecular weight is 298 g/mol. The molecule has 0 unspecified atom stereocenters. The van der Waals surface area contributed by atoms with Crippen LogP contribution in [-0.4, -0.2) is 4.92 Å². The van der Waals surface area contributed by atoms with Crippen molar-refractivity contribution in [2.45, 2.75) is 11.8 Å². The van der Waals surface area contributed by atoms with Gasteiger partial charge in [-0.25, -0.2) is 0 Å². The number of nitro benzene ring substituents is 1. The van der Waals surface area contributed by atoms with Gasteiger partial charge in [0.15, 0.2) is 0 Å². The van der Waals surface area contributed by atoms with Crippen LogP contribution in [0.1, 0.15) is 11.1 Å². The summed E-state index contributed by atoms with van der Waals surface area (Å²) in [5.41, 5.74) is 2.16. The van der Waals surface area contributed by atoms with E-state index < -0.39 is 4.92 Å². The van der Waals surface area contributed by atoms with Crippen LogP contribution in [0.5, 0.6) is 0 Å². The van der Waals surface area contributed by atoms with Crippen molar-refractivity contribution in [3.05, 3.63) is 75.8 Å². The van der Waals surface area contributed by atoms with Crippen molar-refractivity contribution >= 4 is 28.9 Å². The summed E-state index contributed by atoms with van der Waals surface area (Å²) >= 11 is 11.0. The summed E-state index contributed by atoms with van der Waals surface area (Å²) in [6, 6.07) is 16.1. The van der Waals surface area contributed by atoms with Crippen LogP contribution in [-0.2, 0) is 11.8 Å². The molecule has 0 N–H and O–H groups in total. The summed E-state index contributed by atoms with van der Waals surface area (Å²) in [6.45, 7) is 0. The summed E-state index contributed by atoms with van der Waals surface area (Å²) in [5, 5.41) is 10.2. The van der Waals surface area contributed by atoms with Gasteiger partial charge in [-0.1, -0.05) is 42.5 Å². The highest BCUT2D eigenvalue weighted by Gasteiger charge is 2.02. The number of halogens is 2. The lowest BCUT2D eigenvalue weighted by Crippen LogP contribution is -1.87. The Balaban J connectivity index is 0.000000200. The number of non-ortho nitro benzene ring substituents is 1. The van der Waals surface area contributed by atoms with E-state index in [9.17, 15) is 10.1 Å². The van der Waals surface area contributed by atoms with Crippen molar-refractivity contribution in [3.8, 4) is 0 Å². The highest BCUT2D eigenvalue weighted by atomic mass is 35.5. The highest BCUT2D eigenvalue weighted by Crippen LogP contribution is 2.12. The first kappa shape index (κ1) is 15.5. The number of rotatable bonds is 3. The van der Waals surface area contributed by atoms with E-state index in [1.54, 1.807) is 12.1 Å². The Labute approximate surface area is 121 Å². The van der Waals surface area contributed by atoms with Gasteiger partial charge in [0.25, 0.3) is 5.69 Å². The molecule has 5 heteroatoms. The summed E-state index contributed by atoms with van der Waals surface area (Å²) in [5.74, 6) is 0.999. The summed E-state index contributed by atoms with van der Waals surface area (Å²) < 4.78 is 0. The smallest absolute Gasteiger partial charge is 0.258 e. The third-order valence-electron chi connectivity index (χ3n) is 2.30. The summed E-state index contributed by atoms with van der Waals surface area (Å²) in [7, 11) is 0. The minimum absolute atomic E-state index is 0.0962. The molecule has 2 rings (SSSR count). The maximum atomic E-state index is 10.2. The van der Waals surface area contributed by atoms with Crippen LogP contribution in [0, 0.1) is 10.1 Å². The van der Waals surface area contributed by atoms with Gasteiger partial charge in [-0.3, -0.25) is 10.1 Å². The molecule has 0 aliphatic heterocycles. The molecule has 0 aliphatic carbocycles. The predicted molar refractivity (Wildman–Crippen MR) is 78.7 cm³/mol. The highest BCUT2D eigenvalue weighted by molar-refractivity contribution is 6.17. The lowest BCUT2D eigenvalue weighted by molar-refractivity contribution is -0.384. The Kier molecular flexibility index (Phi) is 6.93.